The van der Waals surface area contributed by atoms with Crippen LogP contribution in [-0.4, -0.2) is 18.4 Å². The number of hydrogen-bond donors (Lipinski definition) is 0. The minimum Gasteiger partial charge on any atom is -0.377 e. The molecule has 0 fully saturated rings. The molecule has 0 aliphatic carbocycles. The van der Waals surface area contributed by atoms with Gasteiger partial charge < -0.3 is 4.18 Å². The minimum absolute atomic E-state index is 0.133. The molecule has 0 atom stereocenters. The summed E-state index contributed by atoms with van der Waals surface area (Å²) >= 11 is 1.10. The first-order valence-corrected chi connectivity index (χ1v) is 8.41. The van der Waals surface area contributed by atoms with Gasteiger partial charge in [-0.15, -0.1) is 11.3 Å². The molecular weight excluding hydrogens is 308 g/mol. The number of aryl methyl sites for hydroxylation is 2. The predicted molar refractivity (Wildman–Crippen MR) is 81.1 cm³/mol. The summed E-state index contributed by atoms with van der Waals surface area (Å²) in [7, 11) is -3.88. The van der Waals surface area contributed by atoms with Gasteiger partial charge in [0, 0.05) is 5.39 Å². The molecule has 108 valence electrons. The van der Waals surface area contributed by atoms with Crippen LogP contribution < -0.4 is 4.18 Å². The van der Waals surface area contributed by atoms with Gasteiger partial charge in [-0.05, 0) is 26.0 Å². The van der Waals surface area contributed by atoms with Crippen molar-refractivity contribution in [2.24, 2.45) is 0 Å². The fourth-order valence-electron chi connectivity index (χ4n) is 2.01. The third-order valence-corrected chi connectivity index (χ3v) is 5.75. The van der Waals surface area contributed by atoms with Crippen molar-refractivity contribution in [1.82, 2.24) is 9.97 Å². The molecule has 0 aliphatic rings. The Balaban J connectivity index is 1.99. The average molecular weight is 320 g/mol. The highest BCUT2D eigenvalue weighted by Crippen LogP contribution is 2.27. The molecule has 2 heterocycles. The van der Waals surface area contributed by atoms with Gasteiger partial charge in [0.05, 0.1) is 22.4 Å². The van der Waals surface area contributed by atoms with E-state index in [1.807, 2.05) is 24.3 Å². The maximum atomic E-state index is 12.3. The molecule has 0 N–H and O–H groups in total. The van der Waals surface area contributed by atoms with Gasteiger partial charge in [0.2, 0.25) is 0 Å². The van der Waals surface area contributed by atoms with E-state index >= 15 is 0 Å². The van der Waals surface area contributed by atoms with Crippen molar-refractivity contribution in [2.45, 2.75) is 18.1 Å². The molecule has 3 aromatic rings. The number of aromatic nitrogens is 2. The Morgan fingerprint density at radius 1 is 1.19 bits per heavy atom. The number of nitrogens with zero attached hydrogens (tertiary/aromatic N) is 2. The number of fused-ring (bicyclic) bond motifs is 1. The molecular formula is C14H12N2O3S2. The molecule has 2 aromatic heterocycles. The Bertz CT molecular complexity index is 917. The van der Waals surface area contributed by atoms with Crippen molar-refractivity contribution in [3.8, 4) is 5.75 Å². The van der Waals surface area contributed by atoms with Crippen LogP contribution >= 0.6 is 11.3 Å². The normalized spacial score (nSPS) is 11.7. The van der Waals surface area contributed by atoms with Crippen molar-refractivity contribution in [3.05, 3.63) is 47.2 Å². The minimum atomic E-state index is -3.88. The van der Waals surface area contributed by atoms with Crippen LogP contribution in [-0.2, 0) is 10.1 Å². The lowest BCUT2D eigenvalue weighted by Gasteiger charge is -2.06. The zero-order chi connectivity index (χ0) is 15.0. The van der Waals surface area contributed by atoms with Crippen LogP contribution in [0.3, 0.4) is 0 Å². The maximum Gasteiger partial charge on any atom is 0.350 e. The lowest BCUT2D eigenvalue weighted by atomic mass is 10.2. The van der Waals surface area contributed by atoms with Crippen LogP contribution in [0.1, 0.15) is 10.7 Å². The Kier molecular flexibility index (Phi) is 3.38. The highest BCUT2D eigenvalue weighted by atomic mass is 32.3. The monoisotopic (exact) mass is 320 g/mol. The molecule has 0 saturated heterocycles. The molecule has 3 rings (SSSR count). The van der Waals surface area contributed by atoms with Crippen molar-refractivity contribution in [1.29, 1.82) is 0 Å². The topological polar surface area (TPSA) is 69.2 Å². The smallest absolute Gasteiger partial charge is 0.350 e. The van der Waals surface area contributed by atoms with Crippen LogP contribution in [0, 0.1) is 13.8 Å². The molecule has 1 aromatic carbocycles. The van der Waals surface area contributed by atoms with Gasteiger partial charge in [-0.1, -0.05) is 18.2 Å². The van der Waals surface area contributed by atoms with Gasteiger partial charge >= 0.3 is 10.1 Å². The van der Waals surface area contributed by atoms with Crippen molar-refractivity contribution >= 4 is 32.4 Å². The third-order valence-electron chi connectivity index (χ3n) is 2.86. The number of pyridine rings is 1. The van der Waals surface area contributed by atoms with Crippen LogP contribution in [0.25, 0.3) is 10.9 Å². The van der Waals surface area contributed by atoms with E-state index in [2.05, 4.69) is 9.97 Å². The number of para-hydroxylation sites is 1. The summed E-state index contributed by atoms with van der Waals surface area (Å²) in [4.78, 5) is 8.30. The van der Waals surface area contributed by atoms with Crippen LogP contribution in [0.15, 0.2) is 40.7 Å². The first-order valence-electron chi connectivity index (χ1n) is 6.19. The molecule has 0 unspecified atom stereocenters. The first kappa shape index (κ1) is 14.0. The van der Waals surface area contributed by atoms with Gasteiger partial charge in [0.15, 0.2) is 9.96 Å². The number of thiazole rings is 1. The second kappa shape index (κ2) is 5.09. The summed E-state index contributed by atoms with van der Waals surface area (Å²) in [6, 6.07) is 9.09. The second-order valence-electron chi connectivity index (χ2n) is 4.51. The van der Waals surface area contributed by atoms with E-state index in [4.69, 9.17) is 4.18 Å². The predicted octanol–water partition coefficient (Wildman–Crippen LogP) is 3.08. The summed E-state index contributed by atoms with van der Waals surface area (Å²) < 4.78 is 29.9. The zero-order valence-electron chi connectivity index (χ0n) is 11.4. The summed E-state index contributed by atoms with van der Waals surface area (Å²) in [5.74, 6) is 0.194. The zero-order valence-corrected chi connectivity index (χ0v) is 13.0. The maximum absolute atomic E-state index is 12.3. The SMILES string of the molecule is Cc1nc(C)c(S(=O)(=O)Oc2cnc3ccccc3c2)s1. The lowest BCUT2D eigenvalue weighted by Crippen LogP contribution is -2.09. The molecule has 0 bridgehead atoms. The van der Waals surface area contributed by atoms with Gasteiger partial charge in [0.25, 0.3) is 0 Å². The van der Waals surface area contributed by atoms with Crippen molar-refractivity contribution < 1.29 is 12.6 Å². The van der Waals surface area contributed by atoms with Crippen LogP contribution in [0.2, 0.25) is 0 Å². The van der Waals surface area contributed by atoms with Crippen molar-refractivity contribution in [2.75, 3.05) is 0 Å². The molecule has 0 aliphatic heterocycles. The van der Waals surface area contributed by atoms with Gasteiger partial charge in [-0.3, -0.25) is 4.98 Å². The molecule has 7 heteroatoms. The largest absolute Gasteiger partial charge is 0.377 e. The van der Waals surface area contributed by atoms with E-state index in [0.29, 0.717) is 10.7 Å². The molecule has 0 saturated carbocycles. The molecule has 0 spiro atoms. The Morgan fingerprint density at radius 2 is 1.95 bits per heavy atom. The first-order chi connectivity index (χ1) is 9.95. The highest BCUT2D eigenvalue weighted by molar-refractivity contribution is 7.89. The second-order valence-corrected chi connectivity index (χ2v) is 7.45. The van der Waals surface area contributed by atoms with E-state index in [1.165, 1.54) is 6.20 Å². The van der Waals surface area contributed by atoms with E-state index < -0.39 is 10.1 Å². The van der Waals surface area contributed by atoms with E-state index in [1.54, 1.807) is 19.9 Å². The van der Waals surface area contributed by atoms with Gasteiger partial charge in [0.1, 0.15) is 0 Å². The average Bonchev–Trinajstić information content (AvgIpc) is 2.78. The van der Waals surface area contributed by atoms with E-state index in [-0.39, 0.29) is 9.96 Å². The Labute approximate surface area is 126 Å². The fraction of sp³-hybridized carbons (Fsp3) is 0.143. The summed E-state index contributed by atoms with van der Waals surface area (Å²) in [5.41, 5.74) is 1.23. The van der Waals surface area contributed by atoms with Gasteiger partial charge in [-0.2, -0.15) is 8.42 Å². The summed E-state index contributed by atoms with van der Waals surface area (Å²) in [6.45, 7) is 3.41. The molecule has 0 amide bonds. The third kappa shape index (κ3) is 2.74. The summed E-state index contributed by atoms with van der Waals surface area (Å²) in [6.07, 6.45) is 1.41. The highest BCUT2D eigenvalue weighted by Gasteiger charge is 2.23. The van der Waals surface area contributed by atoms with Crippen LogP contribution in [0.5, 0.6) is 5.75 Å². The van der Waals surface area contributed by atoms with E-state index in [0.717, 1.165) is 22.2 Å². The lowest BCUT2D eigenvalue weighted by molar-refractivity contribution is 0.487. The number of rotatable bonds is 3. The molecule has 21 heavy (non-hydrogen) atoms. The van der Waals surface area contributed by atoms with E-state index in [9.17, 15) is 8.42 Å². The van der Waals surface area contributed by atoms with Gasteiger partial charge in [-0.25, -0.2) is 4.98 Å². The molecule has 0 radical (unpaired) electrons. The number of benzene rings is 1. The van der Waals surface area contributed by atoms with Crippen molar-refractivity contribution in [3.63, 3.8) is 0 Å². The summed E-state index contributed by atoms with van der Waals surface area (Å²) in [5, 5.41) is 1.51. The number of hydrogen-bond acceptors (Lipinski definition) is 6. The Hall–Kier alpha value is -1.99. The fourth-order valence-corrected chi connectivity index (χ4v) is 4.35. The quantitative estimate of drug-likeness (QED) is 0.694. The molecule has 5 nitrogen and oxygen atoms in total. The van der Waals surface area contributed by atoms with Crippen LogP contribution in [0.4, 0.5) is 0 Å². The standard InChI is InChI=1S/C14H12N2O3S2/c1-9-14(20-10(2)16-9)21(17,18)19-12-7-11-5-3-4-6-13(11)15-8-12/h3-8H,1-2H3. The Morgan fingerprint density at radius 3 is 2.67 bits per heavy atom.